The average Bonchev–Trinajstić information content (AvgIpc) is 3.61. The van der Waals surface area contributed by atoms with Gasteiger partial charge in [-0.2, -0.15) is 0 Å². The molecule has 3 aliphatic rings. The van der Waals surface area contributed by atoms with Crippen molar-refractivity contribution in [2.75, 3.05) is 25.1 Å². The topological polar surface area (TPSA) is 163 Å². The summed E-state index contributed by atoms with van der Waals surface area (Å²) >= 11 is 0. The minimum absolute atomic E-state index is 0.0493. The Balaban J connectivity index is 0.986. The first-order valence-corrected chi connectivity index (χ1v) is 20.8. The van der Waals surface area contributed by atoms with Crippen molar-refractivity contribution in [3.63, 3.8) is 0 Å². The highest BCUT2D eigenvalue weighted by atomic mass is 16.6. The Hall–Kier alpha value is -6.79. The lowest BCUT2D eigenvalue weighted by Crippen LogP contribution is -2.51. The Morgan fingerprint density at radius 3 is 2.26 bits per heavy atom. The Labute approximate surface area is 353 Å². The van der Waals surface area contributed by atoms with Crippen molar-refractivity contribution in [2.24, 2.45) is 5.92 Å². The van der Waals surface area contributed by atoms with Crippen LogP contribution in [-0.2, 0) is 41.6 Å². The number of carbonyl (C=O) groups is 5. The van der Waals surface area contributed by atoms with Gasteiger partial charge in [0.25, 0.3) is 5.91 Å². The van der Waals surface area contributed by atoms with Gasteiger partial charge in [0.1, 0.15) is 25.3 Å². The van der Waals surface area contributed by atoms with Gasteiger partial charge in [-0.1, -0.05) is 115 Å². The van der Waals surface area contributed by atoms with E-state index in [0.717, 1.165) is 44.2 Å². The van der Waals surface area contributed by atoms with Crippen LogP contribution in [0.2, 0.25) is 0 Å². The van der Waals surface area contributed by atoms with Gasteiger partial charge in [0, 0.05) is 24.6 Å². The van der Waals surface area contributed by atoms with E-state index in [-0.39, 0.29) is 44.3 Å². The first-order chi connectivity index (χ1) is 29.7. The molecule has 4 atom stereocenters. The lowest BCUT2D eigenvalue weighted by atomic mass is 9.92. The molecule has 4 N–H and O–H groups in total. The van der Waals surface area contributed by atoms with Crippen LogP contribution in [0.15, 0.2) is 127 Å². The Morgan fingerprint density at radius 2 is 1.51 bits per heavy atom. The molecule has 0 radical (unpaired) electrons. The van der Waals surface area contributed by atoms with Crippen molar-refractivity contribution >= 4 is 46.2 Å². The van der Waals surface area contributed by atoms with E-state index in [1.165, 1.54) is 0 Å². The third-order valence-electron chi connectivity index (χ3n) is 11.9. The number of hydrogen-bond acceptors (Lipinski definition) is 8. The third kappa shape index (κ3) is 9.34. The monoisotopic (exact) mass is 820 g/mol. The normalized spacial score (nSPS) is 20.4. The molecule has 4 unspecified atom stereocenters. The number of alkyl carbamates (subject to hydrolysis) is 1. The molecule has 1 aliphatic carbocycles. The Morgan fingerprint density at radius 1 is 0.820 bits per heavy atom. The fraction of sp³-hybridized carbons (Fsp3) is 0.286. The molecule has 0 aromatic heterocycles. The van der Waals surface area contributed by atoms with Crippen molar-refractivity contribution in [3.05, 3.63) is 150 Å². The first-order valence-electron chi connectivity index (χ1n) is 20.8. The summed E-state index contributed by atoms with van der Waals surface area (Å²) in [6.45, 7) is -0.427. The molecule has 0 bridgehead atoms. The molecule has 5 aromatic rings. The molecule has 0 fully saturated rings. The number of esters is 1. The highest BCUT2D eigenvalue weighted by Gasteiger charge is 2.35. The van der Waals surface area contributed by atoms with Gasteiger partial charge in [-0.3, -0.25) is 14.4 Å². The maximum absolute atomic E-state index is 14.1. The van der Waals surface area contributed by atoms with Gasteiger partial charge >= 0.3 is 12.1 Å². The standard InChI is InChI=1S/C49H48N4O8/c54-28-37-25-33-14-6-7-16-35(33)27-53(37)45(55)26-34-15-2-1-3-21-43(52-49(59)61-29-42-40-19-10-8-17-38(40)39-18-9-11-20-41(39)42)48(58)60-30-44(51-46(34)56)47(57)50-36-23-22-31-12-4-5-13-32(31)24-36/h1-2,4-14,16-20,22-24,34,37,42-44,54H,3,15,21,25-30H2,(H,50,57)(H,51,56)(H,52,59). The number of nitrogens with one attached hydrogen (secondary N) is 3. The fourth-order valence-electron chi connectivity index (χ4n) is 8.56. The average molecular weight is 821 g/mol. The minimum Gasteiger partial charge on any atom is -0.461 e. The summed E-state index contributed by atoms with van der Waals surface area (Å²) < 4.78 is 11.4. The van der Waals surface area contributed by atoms with Gasteiger partial charge in [-0.05, 0) is 82.0 Å². The molecule has 0 saturated heterocycles. The van der Waals surface area contributed by atoms with E-state index in [1.807, 2.05) is 103 Å². The van der Waals surface area contributed by atoms with Gasteiger partial charge in [0.15, 0.2) is 0 Å². The van der Waals surface area contributed by atoms with Gasteiger partial charge in [0.2, 0.25) is 11.8 Å². The van der Waals surface area contributed by atoms with E-state index in [2.05, 4.69) is 16.0 Å². The number of amides is 4. The van der Waals surface area contributed by atoms with Crippen LogP contribution in [0.4, 0.5) is 10.5 Å². The highest BCUT2D eigenvalue weighted by Crippen LogP contribution is 2.44. The number of nitrogens with zero attached hydrogens (tertiary/aromatic N) is 1. The summed E-state index contributed by atoms with van der Waals surface area (Å²) in [5, 5.41) is 20.4. The molecular weight excluding hydrogens is 773 g/mol. The van der Waals surface area contributed by atoms with Crippen molar-refractivity contribution in [1.82, 2.24) is 15.5 Å². The number of anilines is 1. The maximum Gasteiger partial charge on any atom is 0.407 e. The second-order valence-corrected chi connectivity index (χ2v) is 15.8. The van der Waals surface area contributed by atoms with Crippen LogP contribution in [-0.4, -0.2) is 77.7 Å². The zero-order valence-electron chi connectivity index (χ0n) is 33.6. The van der Waals surface area contributed by atoms with Crippen LogP contribution in [0.3, 0.4) is 0 Å². The minimum atomic E-state index is -1.35. The van der Waals surface area contributed by atoms with E-state index in [4.69, 9.17) is 9.47 Å². The number of allylic oxidation sites excluding steroid dienone is 2. The number of fused-ring (bicyclic) bond motifs is 5. The highest BCUT2D eigenvalue weighted by molar-refractivity contribution is 6.00. The van der Waals surface area contributed by atoms with Gasteiger partial charge in [0.05, 0.1) is 18.6 Å². The van der Waals surface area contributed by atoms with Crippen molar-refractivity contribution in [2.45, 2.75) is 62.7 Å². The summed E-state index contributed by atoms with van der Waals surface area (Å²) in [6, 6.07) is 33.9. The number of aliphatic hydroxyl groups is 1. The summed E-state index contributed by atoms with van der Waals surface area (Å²) in [4.78, 5) is 70.6. The van der Waals surface area contributed by atoms with E-state index in [1.54, 1.807) is 29.2 Å². The first kappa shape index (κ1) is 41.0. The van der Waals surface area contributed by atoms with Crippen molar-refractivity contribution in [3.8, 4) is 11.1 Å². The Kier molecular flexibility index (Phi) is 12.5. The van der Waals surface area contributed by atoms with Crippen molar-refractivity contribution in [1.29, 1.82) is 0 Å². The SMILES string of the molecule is O=C(NC1CCC=CCC(CC(=O)N2Cc3ccccc3CC2CO)C(=O)NC(C(=O)Nc2ccc3ccccc3c2)COC1=O)OCC1c2ccccc2-c2ccccc21. The van der Waals surface area contributed by atoms with Crippen LogP contribution >= 0.6 is 0 Å². The van der Waals surface area contributed by atoms with Crippen LogP contribution in [0, 0.1) is 5.92 Å². The Bertz CT molecular complexity index is 2440. The molecule has 2 heterocycles. The molecule has 5 aromatic carbocycles. The molecule has 61 heavy (non-hydrogen) atoms. The zero-order valence-corrected chi connectivity index (χ0v) is 33.6. The largest absolute Gasteiger partial charge is 0.461 e. The van der Waals surface area contributed by atoms with E-state index in [9.17, 15) is 29.1 Å². The number of hydrogen-bond donors (Lipinski definition) is 4. The molecule has 0 saturated carbocycles. The lowest BCUT2D eigenvalue weighted by molar-refractivity contribution is -0.148. The number of benzene rings is 5. The summed E-state index contributed by atoms with van der Waals surface area (Å²) in [7, 11) is 0. The molecular formula is C49H48N4O8. The number of carbonyl (C=O) groups excluding carboxylic acids is 5. The fourth-order valence-corrected chi connectivity index (χ4v) is 8.56. The molecule has 2 aliphatic heterocycles. The van der Waals surface area contributed by atoms with E-state index >= 15 is 0 Å². The summed E-state index contributed by atoms with van der Waals surface area (Å²) in [5.41, 5.74) is 6.78. The van der Waals surface area contributed by atoms with Crippen LogP contribution in [0.1, 0.15) is 53.9 Å². The smallest absolute Gasteiger partial charge is 0.407 e. The maximum atomic E-state index is 14.1. The second-order valence-electron chi connectivity index (χ2n) is 15.8. The van der Waals surface area contributed by atoms with Gasteiger partial charge < -0.3 is 35.4 Å². The van der Waals surface area contributed by atoms with Crippen LogP contribution < -0.4 is 16.0 Å². The predicted octanol–water partition coefficient (Wildman–Crippen LogP) is 6.41. The van der Waals surface area contributed by atoms with Gasteiger partial charge in [-0.15, -0.1) is 0 Å². The molecule has 4 amide bonds. The number of aliphatic hydroxyl groups excluding tert-OH is 1. The summed E-state index contributed by atoms with van der Waals surface area (Å²) in [5.74, 6) is -3.38. The molecule has 0 spiro atoms. The molecule has 12 nitrogen and oxygen atoms in total. The van der Waals surface area contributed by atoms with Crippen LogP contribution in [0.25, 0.3) is 21.9 Å². The van der Waals surface area contributed by atoms with Crippen molar-refractivity contribution < 1.29 is 38.6 Å². The molecule has 8 rings (SSSR count). The van der Waals surface area contributed by atoms with Crippen LogP contribution in [0.5, 0.6) is 0 Å². The number of ether oxygens (including phenoxy) is 2. The summed E-state index contributed by atoms with van der Waals surface area (Å²) in [6.07, 6.45) is 3.70. The second kappa shape index (κ2) is 18.6. The number of cyclic esters (lactones) is 1. The quantitative estimate of drug-likeness (QED) is 0.103. The molecule has 12 heteroatoms. The van der Waals surface area contributed by atoms with E-state index < -0.39 is 54.5 Å². The lowest BCUT2D eigenvalue weighted by Gasteiger charge is -2.36. The van der Waals surface area contributed by atoms with Gasteiger partial charge in [-0.25, -0.2) is 9.59 Å². The van der Waals surface area contributed by atoms with E-state index in [0.29, 0.717) is 25.1 Å². The third-order valence-corrected chi connectivity index (χ3v) is 11.9. The molecule has 312 valence electrons. The zero-order chi connectivity index (χ0) is 42.3. The number of rotatable bonds is 8. The predicted molar refractivity (Wildman–Crippen MR) is 230 cm³/mol.